The van der Waals surface area contributed by atoms with E-state index < -0.39 is 0 Å². The Bertz CT molecular complexity index is 1310. The van der Waals surface area contributed by atoms with E-state index in [1.807, 2.05) is 24.3 Å². The number of benzene rings is 4. The van der Waals surface area contributed by atoms with Gasteiger partial charge in [-0.1, -0.05) is 66.7 Å². The number of rotatable bonds is 4. The topological polar surface area (TPSA) is 9.23 Å². The van der Waals surface area contributed by atoms with E-state index in [1.54, 1.807) is 6.26 Å². The Labute approximate surface area is 162 Å². The molecule has 0 radical (unpaired) electrons. The molecule has 0 unspecified atom stereocenters. The summed E-state index contributed by atoms with van der Waals surface area (Å²) in [5.41, 5.74) is 1.37. The van der Waals surface area contributed by atoms with Crippen LogP contribution in [0.15, 0.2) is 79.1 Å². The van der Waals surface area contributed by atoms with E-state index >= 15 is 0 Å². The highest BCUT2D eigenvalue weighted by Gasteiger charge is 2.14. The summed E-state index contributed by atoms with van der Waals surface area (Å²) in [6.45, 7) is 2.68. The van der Waals surface area contributed by atoms with Crippen molar-refractivity contribution in [1.29, 1.82) is 0 Å². The number of allylic oxidation sites excluding steroid dienone is 1. The fourth-order valence-corrected chi connectivity index (χ4v) is 5.34. The Morgan fingerprint density at radius 1 is 0.815 bits per heavy atom. The average molecular weight is 369 g/mol. The summed E-state index contributed by atoms with van der Waals surface area (Å²) in [5, 5.41) is 8.04. The highest BCUT2D eigenvalue weighted by atomic mass is 32.1. The van der Waals surface area contributed by atoms with Crippen LogP contribution >= 0.6 is 11.3 Å². The summed E-state index contributed by atoms with van der Waals surface area (Å²) in [5.74, 6) is 0. The zero-order valence-electron chi connectivity index (χ0n) is 15.2. The first kappa shape index (κ1) is 16.3. The van der Waals surface area contributed by atoms with Crippen LogP contribution in [0.25, 0.3) is 41.7 Å². The lowest BCUT2D eigenvalue weighted by molar-refractivity contribution is 0.253. The normalized spacial score (nSPS) is 12.0. The Morgan fingerprint density at radius 2 is 1.59 bits per heavy atom. The van der Waals surface area contributed by atoms with Gasteiger partial charge in [-0.3, -0.25) is 0 Å². The van der Waals surface area contributed by atoms with Crippen molar-refractivity contribution in [3.05, 3.63) is 84.6 Å². The van der Waals surface area contributed by atoms with E-state index in [1.165, 1.54) is 47.3 Å². The lowest BCUT2D eigenvalue weighted by Gasteiger charge is -2.08. The van der Waals surface area contributed by atoms with Crippen LogP contribution in [0.4, 0.5) is 0 Å². The molecule has 0 atom stereocenters. The Hall–Kier alpha value is -2.84. The van der Waals surface area contributed by atoms with Crippen LogP contribution in [-0.2, 0) is 11.2 Å². The summed E-state index contributed by atoms with van der Waals surface area (Å²) < 4.78 is 8.39. The monoisotopic (exact) mass is 368 g/mol. The molecule has 5 rings (SSSR count). The van der Waals surface area contributed by atoms with Crippen LogP contribution in [0.2, 0.25) is 0 Å². The average Bonchev–Trinajstić information content (AvgIpc) is 3.12. The largest absolute Gasteiger partial charge is 0.501 e. The second kappa shape index (κ2) is 6.71. The molecule has 0 aliphatic heterocycles. The summed E-state index contributed by atoms with van der Waals surface area (Å²) >= 11 is 1.92. The smallest absolute Gasteiger partial charge is 0.0913 e. The van der Waals surface area contributed by atoms with Crippen molar-refractivity contribution in [2.75, 3.05) is 6.61 Å². The second-order valence-electron chi connectivity index (χ2n) is 6.82. The molecular weight excluding hydrogens is 348 g/mol. The van der Waals surface area contributed by atoms with E-state index in [0.29, 0.717) is 6.61 Å². The zero-order valence-corrected chi connectivity index (χ0v) is 16.1. The zero-order chi connectivity index (χ0) is 18.2. The molecule has 1 heterocycles. The molecule has 0 saturated carbocycles. The number of hydrogen-bond acceptors (Lipinski definition) is 2. The predicted molar refractivity (Wildman–Crippen MR) is 119 cm³/mol. The first-order valence-corrected chi connectivity index (χ1v) is 10.2. The molecule has 0 fully saturated rings. The molecule has 2 heteroatoms. The number of hydrogen-bond donors (Lipinski definition) is 0. The fourth-order valence-electron chi connectivity index (χ4n) is 3.94. The summed E-state index contributed by atoms with van der Waals surface area (Å²) in [4.78, 5) is 0. The van der Waals surface area contributed by atoms with Gasteiger partial charge in [0, 0.05) is 26.6 Å². The van der Waals surface area contributed by atoms with E-state index in [-0.39, 0.29) is 0 Å². The van der Waals surface area contributed by atoms with Crippen LogP contribution in [0.3, 0.4) is 0 Å². The van der Waals surface area contributed by atoms with Crippen molar-refractivity contribution in [3.63, 3.8) is 0 Å². The molecular formula is C25H20OS. The quantitative estimate of drug-likeness (QED) is 0.236. The molecule has 4 aromatic carbocycles. The third kappa shape index (κ3) is 2.68. The second-order valence-corrected chi connectivity index (χ2v) is 7.84. The number of thiophene rings is 1. The molecule has 1 nitrogen and oxygen atoms in total. The molecule has 0 aliphatic carbocycles. The minimum absolute atomic E-state index is 0.701. The van der Waals surface area contributed by atoms with Gasteiger partial charge in [0.2, 0.25) is 0 Å². The Balaban J connectivity index is 1.84. The fraction of sp³-hybridized carbons (Fsp3) is 0.120. The lowest BCUT2D eigenvalue weighted by Crippen LogP contribution is -1.94. The third-order valence-corrected chi connectivity index (χ3v) is 6.47. The molecule has 5 aromatic rings. The summed E-state index contributed by atoms with van der Waals surface area (Å²) in [6, 6.07) is 24.3. The van der Waals surface area contributed by atoms with E-state index in [9.17, 15) is 0 Å². The van der Waals surface area contributed by atoms with Crippen molar-refractivity contribution in [2.45, 2.75) is 13.3 Å². The van der Waals surface area contributed by atoms with E-state index in [2.05, 4.69) is 66.7 Å². The van der Waals surface area contributed by atoms with E-state index in [0.717, 1.165) is 6.42 Å². The highest BCUT2D eigenvalue weighted by molar-refractivity contribution is 7.27. The van der Waals surface area contributed by atoms with Gasteiger partial charge in [0.1, 0.15) is 0 Å². The minimum Gasteiger partial charge on any atom is -0.501 e. The van der Waals surface area contributed by atoms with Crippen LogP contribution in [0.1, 0.15) is 12.5 Å². The van der Waals surface area contributed by atoms with Crippen molar-refractivity contribution >= 4 is 53.1 Å². The van der Waals surface area contributed by atoms with Crippen LogP contribution < -0.4 is 0 Å². The van der Waals surface area contributed by atoms with Crippen molar-refractivity contribution in [2.24, 2.45) is 0 Å². The molecule has 0 amide bonds. The maximum atomic E-state index is 5.62. The maximum Gasteiger partial charge on any atom is 0.0913 e. The molecule has 27 heavy (non-hydrogen) atoms. The SMILES string of the molecule is CC=COCCc1cc2ccccc2c2c1sc1c3ccccc3ccc12. The third-order valence-electron chi connectivity index (χ3n) is 5.15. The van der Waals surface area contributed by atoms with Crippen LogP contribution in [-0.4, -0.2) is 6.61 Å². The Morgan fingerprint density at radius 3 is 2.44 bits per heavy atom. The van der Waals surface area contributed by atoms with Gasteiger partial charge in [-0.05, 0) is 40.1 Å². The Kier molecular flexibility index (Phi) is 4.06. The van der Waals surface area contributed by atoms with Gasteiger partial charge in [-0.25, -0.2) is 0 Å². The number of ether oxygens (including phenoxy) is 1. The van der Waals surface area contributed by atoms with Gasteiger partial charge in [0.25, 0.3) is 0 Å². The van der Waals surface area contributed by atoms with Gasteiger partial charge in [-0.2, -0.15) is 0 Å². The molecule has 0 bridgehead atoms. The van der Waals surface area contributed by atoms with Crippen molar-refractivity contribution < 1.29 is 4.74 Å². The van der Waals surface area contributed by atoms with Crippen LogP contribution in [0.5, 0.6) is 0 Å². The first-order valence-electron chi connectivity index (χ1n) is 9.34. The first-order chi connectivity index (χ1) is 13.4. The number of fused-ring (bicyclic) bond motifs is 7. The molecule has 0 N–H and O–H groups in total. The molecule has 1 aromatic heterocycles. The highest BCUT2D eigenvalue weighted by Crippen LogP contribution is 2.43. The molecule has 132 valence electrons. The van der Waals surface area contributed by atoms with Gasteiger partial charge < -0.3 is 4.74 Å². The molecule has 0 saturated heterocycles. The minimum atomic E-state index is 0.701. The van der Waals surface area contributed by atoms with Crippen molar-refractivity contribution in [3.8, 4) is 0 Å². The summed E-state index contributed by atoms with van der Waals surface area (Å²) in [6.07, 6.45) is 4.62. The maximum absolute atomic E-state index is 5.62. The molecule has 0 spiro atoms. The summed E-state index contributed by atoms with van der Waals surface area (Å²) in [7, 11) is 0. The van der Waals surface area contributed by atoms with Gasteiger partial charge in [0.15, 0.2) is 0 Å². The van der Waals surface area contributed by atoms with Gasteiger partial charge >= 0.3 is 0 Å². The lowest BCUT2D eigenvalue weighted by atomic mass is 9.98. The van der Waals surface area contributed by atoms with Gasteiger partial charge in [0.05, 0.1) is 12.9 Å². The predicted octanol–water partition coefficient (Wildman–Crippen LogP) is 7.45. The van der Waals surface area contributed by atoms with Crippen LogP contribution in [0, 0.1) is 0 Å². The van der Waals surface area contributed by atoms with Gasteiger partial charge in [-0.15, -0.1) is 11.3 Å². The van der Waals surface area contributed by atoms with Crippen molar-refractivity contribution in [1.82, 2.24) is 0 Å². The molecule has 0 aliphatic rings. The standard InChI is InChI=1S/C25H20OS/c1-2-14-26-15-13-19-16-18-8-4-5-9-20(18)23-22-12-11-17-7-3-6-10-21(17)25(22)27-24(19)23/h2-12,14,16H,13,15H2,1H3. The van der Waals surface area contributed by atoms with E-state index in [4.69, 9.17) is 4.74 Å².